The molecule has 2 nitrogen and oxygen atoms in total. The number of hydrogen-bond acceptors (Lipinski definition) is 2. The molecule has 0 saturated heterocycles. The van der Waals surface area contributed by atoms with Crippen molar-refractivity contribution in [3.05, 3.63) is 30.2 Å². The number of rotatable bonds is 5. The van der Waals surface area contributed by atoms with Gasteiger partial charge in [0.25, 0.3) is 0 Å². The molecule has 1 aliphatic rings. The Morgan fingerprint density at radius 2 is 1.94 bits per heavy atom. The molecular weight excluding hydrogens is 235 g/mol. The van der Waals surface area contributed by atoms with Gasteiger partial charge in [0, 0.05) is 5.56 Å². The predicted octanol–water partition coefficient (Wildman–Crippen LogP) is 0.777. The zero-order valence-electron chi connectivity index (χ0n) is 12.0. The molecule has 0 bridgehead atoms. The number of furan rings is 1. The molecule has 1 aromatic heterocycles. The van der Waals surface area contributed by atoms with Gasteiger partial charge in [-0.3, -0.25) is 0 Å². The molecule has 2 rings (SSSR count). The van der Waals surface area contributed by atoms with Crippen LogP contribution in [0.4, 0.5) is 0 Å². The normalized spacial score (nSPS) is 18.5. The summed E-state index contributed by atoms with van der Waals surface area (Å²) in [6.07, 6.45) is 7.67. The van der Waals surface area contributed by atoms with Crippen LogP contribution >= 0.6 is 0 Å². The van der Waals surface area contributed by atoms with Gasteiger partial charge in [-0.1, -0.05) is 38.9 Å². The quantitative estimate of drug-likeness (QED) is 0.574. The van der Waals surface area contributed by atoms with Crippen molar-refractivity contribution >= 4 is 13.5 Å². The summed E-state index contributed by atoms with van der Waals surface area (Å²) in [5, 5.41) is 1.25. The first-order valence-electron chi connectivity index (χ1n) is 6.57. The number of hydrogen-bond donors (Lipinski definition) is 0. The van der Waals surface area contributed by atoms with Crippen molar-refractivity contribution < 1.29 is 28.0 Å². The van der Waals surface area contributed by atoms with Crippen LogP contribution in [0.25, 0.3) is 0 Å². The summed E-state index contributed by atoms with van der Waals surface area (Å²) in [5.41, 5.74) is 1.17. The zero-order valence-corrected chi connectivity index (χ0v) is 13.0. The Balaban J connectivity index is 0.00000162. The van der Waals surface area contributed by atoms with E-state index in [0.717, 1.165) is 6.42 Å². The van der Waals surface area contributed by atoms with Crippen LogP contribution in [0.1, 0.15) is 38.9 Å². The van der Waals surface area contributed by atoms with Crippen LogP contribution in [-0.2, 0) is 4.74 Å². The Bertz CT molecular complexity index is 380. The summed E-state index contributed by atoms with van der Waals surface area (Å²) < 4.78 is 11.3. The van der Waals surface area contributed by atoms with E-state index >= 15 is 0 Å². The molecule has 0 spiro atoms. The molecule has 18 heavy (non-hydrogen) atoms. The van der Waals surface area contributed by atoms with Crippen molar-refractivity contribution in [2.75, 3.05) is 0 Å². The van der Waals surface area contributed by atoms with Gasteiger partial charge >= 0.3 is 18.9 Å². The van der Waals surface area contributed by atoms with E-state index in [9.17, 15) is 0 Å². The Hall–Kier alpha value is -0.366. The van der Waals surface area contributed by atoms with Gasteiger partial charge in [0.2, 0.25) is 0 Å². The van der Waals surface area contributed by atoms with Crippen LogP contribution < -0.4 is 24.2 Å². The molecule has 0 saturated carbocycles. The maximum atomic E-state index is 5.86. The third kappa shape index (κ3) is 2.79. The Morgan fingerprint density at radius 1 is 1.28 bits per heavy atom. The Labute approximate surface area is 123 Å². The molecule has 4 heteroatoms. The summed E-state index contributed by atoms with van der Waals surface area (Å²) >= 11 is 0. The first-order valence-corrected chi connectivity index (χ1v) is 9.19. The predicted molar refractivity (Wildman–Crippen MR) is 71.8 cm³/mol. The molecule has 1 unspecified atom stereocenters. The van der Waals surface area contributed by atoms with Gasteiger partial charge in [0.15, 0.2) is 0 Å². The van der Waals surface area contributed by atoms with Crippen LogP contribution in [0, 0.1) is 6.26 Å². The van der Waals surface area contributed by atoms with E-state index < -0.39 is 8.07 Å². The van der Waals surface area contributed by atoms with E-state index in [2.05, 4.69) is 33.1 Å². The van der Waals surface area contributed by atoms with E-state index in [4.69, 9.17) is 9.15 Å². The topological polar surface area (TPSA) is 22.4 Å². The summed E-state index contributed by atoms with van der Waals surface area (Å²) in [7, 11) is -1.38. The molecule has 0 fully saturated rings. The third-order valence-electron chi connectivity index (χ3n) is 4.17. The molecule has 0 aliphatic carbocycles. The fourth-order valence-corrected chi connectivity index (χ4v) is 5.94. The van der Waals surface area contributed by atoms with Crippen molar-refractivity contribution in [1.82, 2.24) is 0 Å². The van der Waals surface area contributed by atoms with Crippen LogP contribution in [0.3, 0.4) is 0 Å². The number of ether oxygens (including phenoxy) is 1. The molecule has 0 aromatic carbocycles. The monoisotopic (exact) mass is 256 g/mol. The maximum Gasteiger partial charge on any atom is 1.00 e. The minimum atomic E-state index is -1.38. The Kier molecular flexibility index (Phi) is 5.84. The molecule has 0 radical (unpaired) electrons. The van der Waals surface area contributed by atoms with Gasteiger partial charge in [-0.25, -0.2) is 6.08 Å². The van der Waals surface area contributed by atoms with Crippen LogP contribution in [0.5, 0.6) is 0 Å². The summed E-state index contributed by atoms with van der Waals surface area (Å²) in [6, 6.07) is 5.99. The fraction of sp³-hybridized carbons (Fsp3) is 0.571. The molecule has 2 heterocycles. The van der Waals surface area contributed by atoms with E-state index in [1.165, 1.54) is 29.1 Å². The third-order valence-corrected chi connectivity index (χ3v) is 9.54. The van der Waals surface area contributed by atoms with Gasteiger partial charge in [-0.2, -0.15) is 0 Å². The molecule has 94 valence electrons. The summed E-state index contributed by atoms with van der Waals surface area (Å²) in [6.45, 7) is 6.88. The van der Waals surface area contributed by atoms with Crippen LogP contribution in [-0.4, -0.2) is 8.07 Å². The minimum absolute atomic E-state index is 0. The van der Waals surface area contributed by atoms with Crippen molar-refractivity contribution in [3.8, 4) is 0 Å². The van der Waals surface area contributed by atoms with Crippen molar-refractivity contribution in [1.29, 1.82) is 0 Å². The zero-order chi connectivity index (χ0) is 12.3. The average molecular weight is 256 g/mol. The Morgan fingerprint density at radius 3 is 2.44 bits per heavy atom. The first-order chi connectivity index (χ1) is 8.25. The van der Waals surface area contributed by atoms with Gasteiger partial charge < -0.3 is 15.4 Å². The van der Waals surface area contributed by atoms with Crippen LogP contribution in [0.2, 0.25) is 18.1 Å². The summed E-state index contributed by atoms with van der Waals surface area (Å²) in [4.78, 5) is 0. The first kappa shape index (κ1) is 15.7. The molecule has 0 N–H and O–H groups in total. The SMILES string of the molecule is CC[Si](CC)(CC)c1cc(C2CC=[C-]O2)co1.[Li+]. The smallest absolute Gasteiger partial charge is 0.688 e. The standard InChI is InChI=1S/C14H21O2Si.Li/c1-4-17(5-2,6-3)14-10-12(11-16-14)13-8-7-9-15-13;/h7,10-11,13H,4-6,8H2,1-3H3;/q-1;+1. The molecule has 1 atom stereocenters. The van der Waals surface area contributed by atoms with E-state index in [-0.39, 0.29) is 25.0 Å². The van der Waals surface area contributed by atoms with Gasteiger partial charge in [-0.05, 0) is 12.5 Å². The molecule has 1 aromatic rings. The van der Waals surface area contributed by atoms with E-state index in [1.54, 1.807) is 0 Å². The minimum Gasteiger partial charge on any atom is -0.688 e. The second-order valence-corrected chi connectivity index (χ2v) is 9.92. The average Bonchev–Trinajstić information content (AvgIpc) is 3.03. The van der Waals surface area contributed by atoms with Crippen molar-refractivity contribution in [3.63, 3.8) is 0 Å². The van der Waals surface area contributed by atoms with Crippen LogP contribution in [0.15, 0.2) is 22.8 Å². The van der Waals surface area contributed by atoms with Gasteiger partial charge in [-0.15, -0.1) is 0 Å². The van der Waals surface area contributed by atoms with Gasteiger partial charge in [0.1, 0.15) is 8.07 Å². The largest absolute Gasteiger partial charge is 1.00 e. The van der Waals surface area contributed by atoms with Crippen molar-refractivity contribution in [2.24, 2.45) is 0 Å². The second-order valence-electron chi connectivity index (χ2n) is 4.75. The van der Waals surface area contributed by atoms with Crippen molar-refractivity contribution in [2.45, 2.75) is 51.4 Å². The summed E-state index contributed by atoms with van der Waals surface area (Å²) in [5.74, 6) is 0. The van der Waals surface area contributed by atoms with E-state index in [1.807, 2.05) is 12.3 Å². The van der Waals surface area contributed by atoms with E-state index in [0.29, 0.717) is 0 Å². The molecule has 0 amide bonds. The van der Waals surface area contributed by atoms with Gasteiger partial charge in [0.05, 0.1) is 17.8 Å². The maximum absolute atomic E-state index is 5.86. The fourth-order valence-electron chi connectivity index (χ4n) is 2.61. The second kappa shape index (κ2) is 6.70. The molecular formula is C14H21LiO2Si. The molecule has 1 aliphatic heterocycles.